The average molecular weight is 267 g/mol. The summed E-state index contributed by atoms with van der Waals surface area (Å²) in [6.07, 6.45) is 1.72. The van der Waals surface area contributed by atoms with Crippen molar-refractivity contribution in [3.05, 3.63) is 17.5 Å². The van der Waals surface area contributed by atoms with Gasteiger partial charge in [-0.2, -0.15) is 0 Å². The second kappa shape index (κ2) is 6.70. The Kier molecular flexibility index (Phi) is 5.54. The molecule has 5 nitrogen and oxygen atoms in total. The molecule has 0 aliphatic heterocycles. The van der Waals surface area contributed by atoms with Crippen LogP contribution < -0.4 is 10.6 Å². The van der Waals surface area contributed by atoms with Crippen LogP contribution in [0.4, 0.5) is 0 Å². The van der Waals surface area contributed by atoms with E-state index in [0.717, 1.165) is 25.1 Å². The fraction of sp³-hybridized carbons (Fsp3) is 0.714. The highest BCUT2D eigenvalue weighted by Gasteiger charge is 2.30. The van der Waals surface area contributed by atoms with Crippen molar-refractivity contribution in [2.75, 3.05) is 13.6 Å². The fourth-order valence-corrected chi connectivity index (χ4v) is 2.02. The first-order chi connectivity index (χ1) is 8.96. The van der Waals surface area contributed by atoms with Gasteiger partial charge in [-0.1, -0.05) is 25.9 Å². The van der Waals surface area contributed by atoms with Crippen molar-refractivity contribution in [3.8, 4) is 0 Å². The third kappa shape index (κ3) is 3.80. The summed E-state index contributed by atoms with van der Waals surface area (Å²) in [5.41, 5.74) is 0.369. The van der Waals surface area contributed by atoms with E-state index >= 15 is 0 Å². The van der Waals surface area contributed by atoms with E-state index in [2.05, 4.69) is 29.6 Å². The number of rotatable bonds is 7. The number of amides is 1. The molecule has 0 aliphatic rings. The number of nitrogens with one attached hydrogen (secondary N) is 2. The lowest BCUT2D eigenvalue weighted by Gasteiger charge is -2.35. The normalized spacial score (nSPS) is 15.8. The van der Waals surface area contributed by atoms with Gasteiger partial charge in [0.1, 0.15) is 5.76 Å². The van der Waals surface area contributed by atoms with E-state index in [4.69, 9.17) is 4.52 Å². The molecule has 5 heteroatoms. The van der Waals surface area contributed by atoms with Gasteiger partial charge in [-0.15, -0.1) is 0 Å². The van der Waals surface area contributed by atoms with Crippen molar-refractivity contribution in [3.63, 3.8) is 0 Å². The molecule has 0 aliphatic carbocycles. The number of aryl methyl sites for hydroxylation is 1. The van der Waals surface area contributed by atoms with Crippen LogP contribution in [-0.4, -0.2) is 30.7 Å². The van der Waals surface area contributed by atoms with Gasteiger partial charge < -0.3 is 15.2 Å². The van der Waals surface area contributed by atoms with Crippen LogP contribution in [0.25, 0.3) is 0 Å². The van der Waals surface area contributed by atoms with Gasteiger partial charge >= 0.3 is 0 Å². The molecule has 2 N–H and O–H groups in total. The second-order valence-corrected chi connectivity index (χ2v) is 5.27. The Labute approximate surface area is 115 Å². The van der Waals surface area contributed by atoms with Crippen molar-refractivity contribution in [2.24, 2.45) is 5.41 Å². The summed E-state index contributed by atoms with van der Waals surface area (Å²) >= 11 is 0. The molecule has 1 heterocycles. The number of hydrogen-bond acceptors (Lipinski definition) is 4. The van der Waals surface area contributed by atoms with Crippen LogP contribution in [0.5, 0.6) is 0 Å². The van der Waals surface area contributed by atoms with E-state index in [1.54, 1.807) is 6.07 Å². The first kappa shape index (κ1) is 15.7. The summed E-state index contributed by atoms with van der Waals surface area (Å²) < 4.78 is 5.05. The molecule has 0 saturated carbocycles. The molecule has 1 aromatic heterocycles. The van der Waals surface area contributed by atoms with Gasteiger partial charge in [-0.25, -0.2) is 0 Å². The molecule has 2 unspecified atom stereocenters. The van der Waals surface area contributed by atoms with Crippen LogP contribution in [0.2, 0.25) is 0 Å². The van der Waals surface area contributed by atoms with Crippen molar-refractivity contribution in [1.29, 1.82) is 0 Å². The van der Waals surface area contributed by atoms with E-state index in [0.29, 0.717) is 5.69 Å². The van der Waals surface area contributed by atoms with Gasteiger partial charge in [0, 0.05) is 25.1 Å². The highest BCUT2D eigenvalue weighted by Crippen LogP contribution is 2.25. The minimum atomic E-state index is -0.174. The van der Waals surface area contributed by atoms with Crippen LogP contribution in [0.1, 0.15) is 50.4 Å². The van der Waals surface area contributed by atoms with Crippen molar-refractivity contribution in [2.45, 2.75) is 46.6 Å². The summed E-state index contributed by atoms with van der Waals surface area (Å²) in [6.45, 7) is 9.13. The van der Waals surface area contributed by atoms with Gasteiger partial charge in [0.15, 0.2) is 5.69 Å². The van der Waals surface area contributed by atoms with Crippen LogP contribution in [0.15, 0.2) is 10.6 Å². The maximum absolute atomic E-state index is 12.1. The summed E-state index contributed by atoms with van der Waals surface area (Å²) in [5, 5.41) is 9.98. The van der Waals surface area contributed by atoms with Crippen LogP contribution in [0, 0.1) is 5.41 Å². The number of aromatic nitrogens is 1. The molecule has 1 aromatic rings. The summed E-state index contributed by atoms with van der Waals surface area (Å²) in [4.78, 5) is 12.1. The Bertz CT molecular complexity index is 417. The molecule has 0 aromatic carbocycles. The van der Waals surface area contributed by atoms with Crippen molar-refractivity contribution in [1.82, 2.24) is 15.8 Å². The monoisotopic (exact) mass is 267 g/mol. The van der Waals surface area contributed by atoms with Crippen molar-refractivity contribution >= 4 is 5.91 Å². The Morgan fingerprint density at radius 1 is 1.53 bits per heavy atom. The van der Waals surface area contributed by atoms with E-state index in [1.807, 2.05) is 20.9 Å². The first-order valence-electron chi connectivity index (χ1n) is 6.87. The molecule has 0 radical (unpaired) electrons. The van der Waals surface area contributed by atoms with E-state index in [1.165, 1.54) is 0 Å². The SMILES string of the molecule is CCc1cc(C(=O)NC(C)C(C)(CC)CNC)no1. The molecule has 0 fully saturated rings. The highest BCUT2D eigenvalue weighted by atomic mass is 16.5. The number of carbonyl (C=O) groups is 1. The number of hydrogen-bond donors (Lipinski definition) is 2. The summed E-state index contributed by atoms with van der Waals surface area (Å²) in [7, 11) is 1.92. The van der Waals surface area contributed by atoms with Crippen LogP contribution in [-0.2, 0) is 6.42 Å². The standard InChI is InChI=1S/C14H25N3O2/c1-6-11-8-12(17-19-11)13(18)16-10(3)14(4,7-2)9-15-5/h8,10,15H,6-7,9H2,1-5H3,(H,16,18). The Morgan fingerprint density at radius 3 is 2.68 bits per heavy atom. The maximum Gasteiger partial charge on any atom is 0.273 e. The lowest BCUT2D eigenvalue weighted by Crippen LogP contribution is -2.48. The predicted molar refractivity (Wildman–Crippen MR) is 75.1 cm³/mol. The lowest BCUT2D eigenvalue weighted by molar-refractivity contribution is 0.0883. The maximum atomic E-state index is 12.1. The van der Waals surface area contributed by atoms with Crippen LogP contribution >= 0.6 is 0 Å². The molecule has 1 amide bonds. The molecular weight excluding hydrogens is 242 g/mol. The first-order valence-corrected chi connectivity index (χ1v) is 6.87. The van der Waals surface area contributed by atoms with Gasteiger partial charge in [0.05, 0.1) is 0 Å². The predicted octanol–water partition coefficient (Wildman–Crippen LogP) is 1.99. The van der Waals surface area contributed by atoms with E-state index in [-0.39, 0.29) is 17.4 Å². The Morgan fingerprint density at radius 2 is 2.21 bits per heavy atom. The van der Waals surface area contributed by atoms with Gasteiger partial charge in [0.25, 0.3) is 5.91 Å². The average Bonchev–Trinajstić information content (AvgIpc) is 2.87. The fourth-order valence-electron chi connectivity index (χ4n) is 2.02. The zero-order valence-electron chi connectivity index (χ0n) is 12.5. The summed E-state index contributed by atoms with van der Waals surface area (Å²) in [5.74, 6) is 0.554. The third-order valence-corrected chi connectivity index (χ3v) is 3.92. The zero-order chi connectivity index (χ0) is 14.5. The molecule has 1 rings (SSSR count). The van der Waals surface area contributed by atoms with Crippen LogP contribution in [0.3, 0.4) is 0 Å². The Balaban J connectivity index is 2.69. The smallest absolute Gasteiger partial charge is 0.273 e. The second-order valence-electron chi connectivity index (χ2n) is 5.27. The molecule has 108 valence electrons. The Hall–Kier alpha value is -1.36. The molecule has 0 saturated heterocycles. The number of nitrogens with zero attached hydrogens (tertiary/aromatic N) is 1. The van der Waals surface area contributed by atoms with Gasteiger partial charge in [0.2, 0.25) is 0 Å². The van der Waals surface area contributed by atoms with Gasteiger partial charge in [-0.3, -0.25) is 4.79 Å². The minimum absolute atomic E-state index is 0.0156. The van der Waals surface area contributed by atoms with E-state index < -0.39 is 0 Å². The topological polar surface area (TPSA) is 67.2 Å². The van der Waals surface area contributed by atoms with Crippen molar-refractivity contribution < 1.29 is 9.32 Å². The third-order valence-electron chi connectivity index (χ3n) is 3.92. The summed E-state index contributed by atoms with van der Waals surface area (Å²) in [6, 6.07) is 1.75. The molecular formula is C14H25N3O2. The zero-order valence-corrected chi connectivity index (χ0v) is 12.5. The minimum Gasteiger partial charge on any atom is -0.361 e. The molecule has 19 heavy (non-hydrogen) atoms. The largest absolute Gasteiger partial charge is 0.361 e. The van der Waals surface area contributed by atoms with E-state index in [9.17, 15) is 4.79 Å². The van der Waals surface area contributed by atoms with Gasteiger partial charge in [-0.05, 0) is 25.8 Å². The molecule has 2 atom stereocenters. The lowest BCUT2D eigenvalue weighted by atomic mass is 9.80. The molecule has 0 bridgehead atoms. The number of carbonyl (C=O) groups excluding carboxylic acids is 1. The molecule has 0 spiro atoms. The quantitative estimate of drug-likeness (QED) is 0.793. The highest BCUT2D eigenvalue weighted by molar-refractivity contribution is 5.92.